The van der Waals surface area contributed by atoms with Gasteiger partial charge < -0.3 is 14.3 Å². The molecule has 0 heterocycles. The van der Waals surface area contributed by atoms with E-state index >= 15 is 0 Å². The van der Waals surface area contributed by atoms with Gasteiger partial charge in [0.05, 0.1) is 13.2 Å². The Kier molecular flexibility index (Phi) is 6.17. The zero-order valence-corrected chi connectivity index (χ0v) is 5.82. The zero-order valence-electron chi connectivity index (χ0n) is 5.82. The van der Waals surface area contributed by atoms with Crippen LogP contribution in [0.1, 0.15) is 0 Å². The van der Waals surface area contributed by atoms with E-state index in [4.69, 9.17) is 5.02 Å². The van der Waals surface area contributed by atoms with Crippen LogP contribution in [0, 0.1) is 0 Å². The third-order valence-electron chi connectivity index (χ3n) is 0.713. The van der Waals surface area contributed by atoms with E-state index in [0.717, 1.165) is 0 Å². The maximum Gasteiger partial charge on any atom is 0.637 e. The van der Waals surface area contributed by atoms with Gasteiger partial charge in [-0.25, -0.2) is 0 Å². The Bertz CT molecular complexity index is 93.2. The molecule has 0 aromatic rings. The maximum absolute atomic E-state index is 8.77. The van der Waals surface area contributed by atoms with Gasteiger partial charge in [-0.05, 0) is 0 Å². The summed E-state index contributed by atoms with van der Waals surface area (Å²) in [5.74, 6) is 0. The Hall–Kier alpha value is -0.575. The van der Waals surface area contributed by atoms with Gasteiger partial charge >= 0.3 is 7.32 Å². The summed E-state index contributed by atoms with van der Waals surface area (Å²) in [6.07, 6.45) is 3.06. The molecule has 0 spiro atoms. The first kappa shape index (κ1) is 9.42. The Labute approximate surface area is 61.1 Å². The summed E-state index contributed by atoms with van der Waals surface area (Å²) < 4.78 is 9.32. The molecule has 0 rings (SSSR count). The number of hydrogen-bond donors (Lipinski definition) is 1. The van der Waals surface area contributed by atoms with Crippen molar-refractivity contribution in [3.63, 3.8) is 0 Å². The number of rotatable bonds is 6. The van der Waals surface area contributed by atoms with E-state index < -0.39 is 7.32 Å². The van der Waals surface area contributed by atoms with Crippen LogP contribution >= 0.6 is 0 Å². The molecule has 10 heavy (non-hydrogen) atoms. The third-order valence-corrected chi connectivity index (χ3v) is 0.713. The van der Waals surface area contributed by atoms with Crippen LogP contribution in [-0.4, -0.2) is 25.6 Å². The third kappa shape index (κ3) is 5.56. The highest BCUT2D eigenvalue weighted by molar-refractivity contribution is 6.34. The predicted molar refractivity (Wildman–Crippen MR) is 40.3 cm³/mol. The van der Waals surface area contributed by atoms with Gasteiger partial charge in [-0.2, -0.15) is 0 Å². The average Bonchev–Trinajstić information content (AvgIpc) is 1.97. The molecule has 0 saturated carbocycles. The summed E-state index contributed by atoms with van der Waals surface area (Å²) in [4.78, 5) is 0. The van der Waals surface area contributed by atoms with Gasteiger partial charge in [0.1, 0.15) is 0 Å². The van der Waals surface area contributed by atoms with Crippen molar-refractivity contribution in [3.05, 3.63) is 25.3 Å². The van der Waals surface area contributed by atoms with Crippen LogP contribution < -0.4 is 0 Å². The van der Waals surface area contributed by atoms with E-state index in [0.29, 0.717) is 0 Å². The molecule has 4 heteroatoms. The van der Waals surface area contributed by atoms with Crippen LogP contribution in [0.5, 0.6) is 0 Å². The molecule has 3 nitrogen and oxygen atoms in total. The van der Waals surface area contributed by atoms with E-state index in [1.165, 1.54) is 12.2 Å². The van der Waals surface area contributed by atoms with E-state index in [1.807, 2.05) is 0 Å². The summed E-state index contributed by atoms with van der Waals surface area (Å²) in [5, 5.41) is 8.77. The zero-order chi connectivity index (χ0) is 7.82. The fraction of sp³-hybridized carbons (Fsp3) is 0.333. The lowest BCUT2D eigenvalue weighted by atomic mass is 10.2. The van der Waals surface area contributed by atoms with E-state index in [9.17, 15) is 0 Å². The predicted octanol–water partition coefficient (Wildman–Crippen LogP) is 0.369. The monoisotopic (exact) mass is 142 g/mol. The first-order valence-electron chi connectivity index (χ1n) is 2.94. The second kappa shape index (κ2) is 6.54. The molecule has 0 aromatic carbocycles. The molecule has 1 N–H and O–H groups in total. The number of hydrogen-bond acceptors (Lipinski definition) is 3. The highest BCUT2D eigenvalue weighted by Crippen LogP contribution is 1.84. The topological polar surface area (TPSA) is 38.7 Å². The molecular weight excluding hydrogens is 131 g/mol. The molecular formula is C6H11BO3. The lowest BCUT2D eigenvalue weighted by molar-refractivity contribution is 0.160. The summed E-state index contributed by atoms with van der Waals surface area (Å²) in [7, 11) is -1.17. The molecule has 0 aliphatic heterocycles. The van der Waals surface area contributed by atoms with Crippen molar-refractivity contribution in [2.45, 2.75) is 0 Å². The highest BCUT2D eigenvalue weighted by atomic mass is 16.7. The van der Waals surface area contributed by atoms with Gasteiger partial charge in [0.25, 0.3) is 0 Å². The van der Waals surface area contributed by atoms with Crippen LogP contribution in [-0.2, 0) is 9.31 Å². The lowest BCUT2D eigenvalue weighted by Crippen LogP contribution is -2.22. The molecule has 0 fully saturated rings. The first-order valence-corrected chi connectivity index (χ1v) is 2.94. The normalized spacial score (nSPS) is 8.90. The maximum atomic E-state index is 8.77. The molecule has 0 unspecified atom stereocenters. The summed E-state index contributed by atoms with van der Waals surface area (Å²) in [5.41, 5.74) is 0. The largest absolute Gasteiger partial charge is 0.637 e. The summed E-state index contributed by atoms with van der Waals surface area (Å²) in [6, 6.07) is 0. The minimum atomic E-state index is -1.17. The van der Waals surface area contributed by atoms with Gasteiger partial charge in [0, 0.05) is 0 Å². The molecule has 0 aliphatic carbocycles. The van der Waals surface area contributed by atoms with Crippen molar-refractivity contribution in [1.82, 2.24) is 0 Å². The SMILES string of the molecule is C=CCOB(O)OCC=C. The lowest BCUT2D eigenvalue weighted by Gasteiger charge is -2.03. The van der Waals surface area contributed by atoms with Crippen LogP contribution in [0.15, 0.2) is 25.3 Å². The van der Waals surface area contributed by atoms with Crippen molar-refractivity contribution >= 4 is 7.32 Å². The minimum absolute atomic E-state index is 0.276. The van der Waals surface area contributed by atoms with E-state index in [-0.39, 0.29) is 13.2 Å². The molecule has 0 saturated heterocycles. The van der Waals surface area contributed by atoms with Gasteiger partial charge in [-0.3, -0.25) is 0 Å². The molecule has 0 amide bonds. The van der Waals surface area contributed by atoms with Crippen LogP contribution in [0.25, 0.3) is 0 Å². The van der Waals surface area contributed by atoms with Crippen LogP contribution in [0.4, 0.5) is 0 Å². The van der Waals surface area contributed by atoms with Crippen molar-refractivity contribution in [2.24, 2.45) is 0 Å². The van der Waals surface area contributed by atoms with Crippen LogP contribution in [0.2, 0.25) is 0 Å². The second-order valence-electron chi connectivity index (χ2n) is 1.55. The quantitative estimate of drug-likeness (QED) is 0.430. The average molecular weight is 142 g/mol. The van der Waals surface area contributed by atoms with E-state index in [2.05, 4.69) is 22.5 Å². The van der Waals surface area contributed by atoms with Crippen molar-refractivity contribution in [3.8, 4) is 0 Å². The molecule has 0 aliphatic rings. The van der Waals surface area contributed by atoms with Gasteiger partial charge in [0.2, 0.25) is 0 Å². The Morgan fingerprint density at radius 1 is 1.20 bits per heavy atom. The van der Waals surface area contributed by atoms with Gasteiger partial charge in [-0.1, -0.05) is 12.2 Å². The molecule has 0 radical (unpaired) electrons. The minimum Gasteiger partial charge on any atom is -0.402 e. The van der Waals surface area contributed by atoms with Crippen molar-refractivity contribution < 1.29 is 14.3 Å². The molecule has 56 valence electrons. The van der Waals surface area contributed by atoms with Crippen LogP contribution in [0.3, 0.4) is 0 Å². The van der Waals surface area contributed by atoms with E-state index in [1.54, 1.807) is 0 Å². The fourth-order valence-electron chi connectivity index (χ4n) is 0.349. The summed E-state index contributed by atoms with van der Waals surface area (Å²) >= 11 is 0. The Balaban J connectivity index is 3.15. The van der Waals surface area contributed by atoms with Gasteiger partial charge in [0.15, 0.2) is 0 Å². The molecule has 0 atom stereocenters. The second-order valence-corrected chi connectivity index (χ2v) is 1.55. The Morgan fingerprint density at radius 3 is 1.90 bits per heavy atom. The fourth-order valence-corrected chi connectivity index (χ4v) is 0.349. The standard InChI is InChI=1S/C6H11BO3/c1-3-5-9-7(8)10-6-4-2/h3-4,8H,1-2,5-6H2. The Morgan fingerprint density at radius 2 is 1.60 bits per heavy atom. The van der Waals surface area contributed by atoms with Crippen molar-refractivity contribution in [2.75, 3.05) is 13.2 Å². The smallest absolute Gasteiger partial charge is 0.402 e. The van der Waals surface area contributed by atoms with Crippen molar-refractivity contribution in [1.29, 1.82) is 0 Å². The highest BCUT2D eigenvalue weighted by Gasteiger charge is 2.12. The van der Waals surface area contributed by atoms with Gasteiger partial charge in [-0.15, -0.1) is 13.2 Å². The molecule has 0 aromatic heterocycles. The summed E-state index contributed by atoms with van der Waals surface area (Å²) in [6.45, 7) is 7.35. The first-order chi connectivity index (χ1) is 4.81. The molecule has 0 bridgehead atoms.